The second-order valence-electron chi connectivity index (χ2n) is 3.97. The van der Waals surface area contributed by atoms with Crippen LogP contribution in [0.5, 0.6) is 0 Å². The van der Waals surface area contributed by atoms with E-state index >= 15 is 0 Å². The van der Waals surface area contributed by atoms with Crippen molar-refractivity contribution in [2.75, 3.05) is 17.3 Å². The molecule has 2 aromatic rings. The normalized spacial score (nSPS) is 12.7. The minimum absolute atomic E-state index is 0.429. The van der Waals surface area contributed by atoms with Crippen molar-refractivity contribution in [3.8, 4) is 0 Å². The highest BCUT2D eigenvalue weighted by Crippen LogP contribution is 2.24. The van der Waals surface area contributed by atoms with Crippen LogP contribution in [0.25, 0.3) is 10.8 Å². The molecule has 1 aromatic heterocycles. The summed E-state index contributed by atoms with van der Waals surface area (Å²) in [7, 11) is 2.08. The van der Waals surface area contributed by atoms with E-state index in [-0.39, 0.29) is 0 Å². The van der Waals surface area contributed by atoms with Crippen LogP contribution in [0.15, 0.2) is 36.5 Å². The molecule has 2 rings (SSSR count). The minimum atomic E-state index is 0.429. The van der Waals surface area contributed by atoms with Crippen LogP contribution in [0.3, 0.4) is 0 Å². The van der Waals surface area contributed by atoms with Gasteiger partial charge in [0.15, 0.2) is 0 Å². The molecule has 0 aliphatic carbocycles. The fourth-order valence-corrected chi connectivity index (χ4v) is 2.13. The number of alkyl halides is 1. The molecule has 3 heteroatoms. The summed E-state index contributed by atoms with van der Waals surface area (Å²) in [6, 6.07) is 10.8. The Balaban J connectivity index is 2.52. The second-order valence-corrected chi connectivity index (χ2v) is 4.62. The monoisotopic (exact) mass is 278 g/mol. The van der Waals surface area contributed by atoms with Gasteiger partial charge in [-0.1, -0.05) is 40.2 Å². The van der Waals surface area contributed by atoms with Gasteiger partial charge in [0.05, 0.1) is 0 Å². The summed E-state index contributed by atoms with van der Waals surface area (Å²) in [5.74, 6) is 1.05. The van der Waals surface area contributed by atoms with Crippen LogP contribution in [0.1, 0.15) is 6.92 Å². The van der Waals surface area contributed by atoms with Gasteiger partial charge in [-0.25, -0.2) is 4.98 Å². The Morgan fingerprint density at radius 2 is 2.06 bits per heavy atom. The smallest absolute Gasteiger partial charge is 0.136 e. The highest BCUT2D eigenvalue weighted by atomic mass is 79.9. The molecule has 0 spiro atoms. The van der Waals surface area contributed by atoms with Crippen molar-refractivity contribution in [1.29, 1.82) is 0 Å². The van der Waals surface area contributed by atoms with Crippen molar-refractivity contribution in [2.24, 2.45) is 0 Å². The van der Waals surface area contributed by atoms with Crippen LogP contribution in [0, 0.1) is 0 Å². The molecule has 0 fully saturated rings. The lowest BCUT2D eigenvalue weighted by molar-refractivity contribution is 0.761. The first-order chi connectivity index (χ1) is 7.74. The Kier molecular flexibility index (Phi) is 3.44. The second kappa shape index (κ2) is 4.83. The Morgan fingerprint density at radius 1 is 1.31 bits per heavy atom. The van der Waals surface area contributed by atoms with Crippen molar-refractivity contribution in [2.45, 2.75) is 13.0 Å². The molecule has 0 saturated carbocycles. The van der Waals surface area contributed by atoms with Crippen LogP contribution in [-0.2, 0) is 0 Å². The van der Waals surface area contributed by atoms with E-state index in [1.54, 1.807) is 0 Å². The van der Waals surface area contributed by atoms with Gasteiger partial charge < -0.3 is 4.90 Å². The Hall–Kier alpha value is -1.09. The summed E-state index contributed by atoms with van der Waals surface area (Å²) in [5.41, 5.74) is 0. The zero-order chi connectivity index (χ0) is 11.5. The molecule has 0 amide bonds. The number of hydrogen-bond donors (Lipinski definition) is 0. The van der Waals surface area contributed by atoms with Crippen molar-refractivity contribution in [3.63, 3.8) is 0 Å². The number of pyridine rings is 1. The van der Waals surface area contributed by atoms with Crippen molar-refractivity contribution >= 4 is 32.5 Å². The first kappa shape index (κ1) is 11.4. The molecule has 1 aromatic carbocycles. The average molecular weight is 279 g/mol. The van der Waals surface area contributed by atoms with Gasteiger partial charge in [0, 0.05) is 30.0 Å². The van der Waals surface area contributed by atoms with Gasteiger partial charge in [0.1, 0.15) is 5.82 Å². The maximum atomic E-state index is 4.48. The summed E-state index contributed by atoms with van der Waals surface area (Å²) in [5, 5.41) is 3.38. The lowest BCUT2D eigenvalue weighted by atomic mass is 10.1. The predicted molar refractivity (Wildman–Crippen MR) is 73.4 cm³/mol. The van der Waals surface area contributed by atoms with Gasteiger partial charge in [-0.05, 0) is 18.4 Å². The third kappa shape index (κ3) is 2.05. The van der Waals surface area contributed by atoms with Crippen LogP contribution in [0.2, 0.25) is 0 Å². The highest BCUT2D eigenvalue weighted by Gasteiger charge is 2.12. The molecule has 0 N–H and O–H groups in total. The fraction of sp³-hybridized carbons (Fsp3) is 0.308. The van der Waals surface area contributed by atoms with Gasteiger partial charge in [0.2, 0.25) is 0 Å². The minimum Gasteiger partial charge on any atom is -0.356 e. The molecule has 1 unspecified atom stereocenters. The van der Waals surface area contributed by atoms with E-state index in [4.69, 9.17) is 0 Å². The van der Waals surface area contributed by atoms with Gasteiger partial charge >= 0.3 is 0 Å². The van der Waals surface area contributed by atoms with E-state index in [2.05, 4.69) is 64.1 Å². The summed E-state index contributed by atoms with van der Waals surface area (Å²) in [6.07, 6.45) is 1.87. The molecule has 2 nitrogen and oxygen atoms in total. The average Bonchev–Trinajstić information content (AvgIpc) is 2.36. The van der Waals surface area contributed by atoms with Gasteiger partial charge in [-0.3, -0.25) is 0 Å². The van der Waals surface area contributed by atoms with Gasteiger partial charge in [0.25, 0.3) is 0 Å². The van der Waals surface area contributed by atoms with E-state index in [0.29, 0.717) is 6.04 Å². The number of aromatic nitrogens is 1. The van der Waals surface area contributed by atoms with E-state index in [1.165, 1.54) is 10.8 Å². The zero-order valence-corrected chi connectivity index (χ0v) is 11.1. The first-order valence-electron chi connectivity index (χ1n) is 5.36. The van der Waals surface area contributed by atoms with E-state index in [1.807, 2.05) is 12.3 Å². The zero-order valence-electron chi connectivity index (χ0n) is 9.52. The molecule has 1 atom stereocenters. The molecular formula is C13H15BrN2. The molecule has 0 saturated heterocycles. The van der Waals surface area contributed by atoms with Crippen LogP contribution >= 0.6 is 15.9 Å². The molecule has 0 aliphatic heterocycles. The number of rotatable bonds is 3. The van der Waals surface area contributed by atoms with E-state index in [0.717, 1.165) is 11.1 Å². The number of nitrogens with zero attached hydrogens (tertiary/aromatic N) is 2. The Bertz CT molecular complexity index is 479. The fourth-order valence-electron chi connectivity index (χ4n) is 1.70. The number of anilines is 1. The van der Waals surface area contributed by atoms with Crippen molar-refractivity contribution in [1.82, 2.24) is 4.98 Å². The van der Waals surface area contributed by atoms with Gasteiger partial charge in [-0.15, -0.1) is 0 Å². The van der Waals surface area contributed by atoms with Crippen molar-refractivity contribution < 1.29 is 0 Å². The largest absolute Gasteiger partial charge is 0.356 e. The summed E-state index contributed by atoms with van der Waals surface area (Å²) in [6.45, 7) is 2.18. The molecule has 0 radical (unpaired) electrons. The van der Waals surface area contributed by atoms with Crippen LogP contribution < -0.4 is 4.90 Å². The van der Waals surface area contributed by atoms with Gasteiger partial charge in [-0.2, -0.15) is 0 Å². The van der Waals surface area contributed by atoms with Crippen LogP contribution in [0.4, 0.5) is 5.82 Å². The molecular weight excluding hydrogens is 264 g/mol. The maximum absolute atomic E-state index is 4.48. The standard InChI is InChI=1S/C13H15BrN2/c1-10(9-14)16(2)13-12-6-4-3-5-11(12)7-8-15-13/h3-8,10H,9H2,1-2H3. The van der Waals surface area contributed by atoms with E-state index in [9.17, 15) is 0 Å². The first-order valence-corrected chi connectivity index (χ1v) is 6.48. The third-order valence-corrected chi connectivity index (χ3v) is 3.81. The number of fused-ring (bicyclic) bond motifs is 1. The van der Waals surface area contributed by atoms with Crippen LogP contribution in [-0.4, -0.2) is 23.4 Å². The molecule has 0 bridgehead atoms. The Morgan fingerprint density at radius 3 is 2.81 bits per heavy atom. The number of hydrogen-bond acceptors (Lipinski definition) is 2. The SMILES string of the molecule is CC(CBr)N(C)c1nccc2ccccc12. The Labute approximate surface area is 104 Å². The third-order valence-electron chi connectivity index (χ3n) is 2.87. The quantitative estimate of drug-likeness (QED) is 0.800. The van der Waals surface area contributed by atoms with Crippen molar-refractivity contribution in [3.05, 3.63) is 36.5 Å². The predicted octanol–water partition coefficient (Wildman–Crippen LogP) is 3.45. The number of benzene rings is 1. The summed E-state index contributed by atoms with van der Waals surface area (Å²) < 4.78 is 0. The van der Waals surface area contributed by atoms with E-state index < -0.39 is 0 Å². The topological polar surface area (TPSA) is 16.1 Å². The maximum Gasteiger partial charge on any atom is 0.136 e. The lowest BCUT2D eigenvalue weighted by Crippen LogP contribution is -2.30. The molecule has 84 valence electrons. The highest BCUT2D eigenvalue weighted by molar-refractivity contribution is 9.09. The summed E-state index contributed by atoms with van der Waals surface area (Å²) in [4.78, 5) is 6.69. The molecule has 0 aliphatic rings. The number of halogens is 1. The summed E-state index contributed by atoms with van der Waals surface area (Å²) >= 11 is 3.51. The molecule has 1 heterocycles. The molecule has 16 heavy (non-hydrogen) atoms. The lowest BCUT2D eigenvalue weighted by Gasteiger charge is -2.25.